The number of aryl methyl sites for hydroxylation is 1. The van der Waals surface area contributed by atoms with Crippen LogP contribution in [0.1, 0.15) is 41.8 Å². The van der Waals surface area contributed by atoms with Crippen molar-refractivity contribution >= 4 is 33.3 Å². The second kappa shape index (κ2) is 7.49. The van der Waals surface area contributed by atoms with E-state index in [1.165, 1.54) is 22.2 Å². The van der Waals surface area contributed by atoms with Crippen molar-refractivity contribution in [3.05, 3.63) is 56.2 Å². The SMILES string of the molecule is CCn1c(SCc2ccccc2C#N)nc2sc3c(c2c1=O)CC[C@@H](C)C3. The maximum absolute atomic E-state index is 13.2. The Bertz CT molecular complexity index is 1110. The zero-order chi connectivity index (χ0) is 19.0. The van der Waals surface area contributed by atoms with Gasteiger partial charge in [-0.15, -0.1) is 11.3 Å². The first-order valence-electron chi connectivity index (χ1n) is 9.28. The predicted molar refractivity (Wildman–Crippen MR) is 111 cm³/mol. The van der Waals surface area contributed by atoms with Crippen LogP contribution in [0.5, 0.6) is 0 Å². The van der Waals surface area contributed by atoms with Gasteiger partial charge in [0.25, 0.3) is 5.56 Å². The fourth-order valence-electron chi connectivity index (χ4n) is 3.69. The molecule has 0 spiro atoms. The highest BCUT2D eigenvalue weighted by molar-refractivity contribution is 7.98. The molecule has 0 saturated carbocycles. The number of fused-ring (bicyclic) bond motifs is 3. The molecular formula is C21H21N3OS2. The van der Waals surface area contributed by atoms with Gasteiger partial charge in [0.2, 0.25) is 0 Å². The summed E-state index contributed by atoms with van der Waals surface area (Å²) in [6, 6.07) is 9.84. The summed E-state index contributed by atoms with van der Waals surface area (Å²) in [5.74, 6) is 1.30. The zero-order valence-corrected chi connectivity index (χ0v) is 17.1. The lowest BCUT2D eigenvalue weighted by Crippen LogP contribution is -2.23. The molecule has 4 nitrogen and oxygen atoms in total. The molecule has 27 heavy (non-hydrogen) atoms. The number of hydrogen-bond donors (Lipinski definition) is 0. The molecule has 1 aliphatic rings. The molecule has 0 radical (unpaired) electrons. The average Bonchev–Trinajstić information content (AvgIpc) is 3.04. The monoisotopic (exact) mass is 395 g/mol. The molecule has 138 valence electrons. The van der Waals surface area contributed by atoms with Crippen LogP contribution in [-0.4, -0.2) is 9.55 Å². The van der Waals surface area contributed by atoms with Crippen LogP contribution in [0.2, 0.25) is 0 Å². The summed E-state index contributed by atoms with van der Waals surface area (Å²) in [4.78, 5) is 20.3. The number of hydrogen-bond acceptors (Lipinski definition) is 5. The van der Waals surface area contributed by atoms with E-state index in [-0.39, 0.29) is 5.56 Å². The molecule has 6 heteroatoms. The Hall–Kier alpha value is -2.10. The minimum atomic E-state index is 0.0885. The standard InChI is InChI=1S/C21H21N3OS2/c1-3-24-20(25)18-16-9-8-13(2)10-17(16)27-19(18)23-21(24)26-12-15-7-5-4-6-14(15)11-22/h4-7,13H,3,8-10,12H2,1-2H3/t13-/m1/s1. The Morgan fingerprint density at radius 1 is 1.41 bits per heavy atom. The highest BCUT2D eigenvalue weighted by Gasteiger charge is 2.24. The van der Waals surface area contributed by atoms with E-state index in [0.29, 0.717) is 23.8 Å². The van der Waals surface area contributed by atoms with Crippen molar-refractivity contribution in [2.24, 2.45) is 5.92 Å². The molecule has 0 amide bonds. The lowest BCUT2D eigenvalue weighted by molar-refractivity contribution is 0.509. The lowest BCUT2D eigenvalue weighted by atomic mass is 9.89. The number of thioether (sulfide) groups is 1. The first-order chi connectivity index (χ1) is 13.1. The van der Waals surface area contributed by atoms with Crippen molar-refractivity contribution in [3.63, 3.8) is 0 Å². The predicted octanol–water partition coefficient (Wildman–Crippen LogP) is 4.77. The number of benzene rings is 1. The summed E-state index contributed by atoms with van der Waals surface area (Å²) in [6.07, 6.45) is 3.19. The topological polar surface area (TPSA) is 58.7 Å². The fourth-order valence-corrected chi connectivity index (χ4v) is 6.18. The number of aromatic nitrogens is 2. The van der Waals surface area contributed by atoms with Gasteiger partial charge < -0.3 is 0 Å². The molecule has 0 saturated heterocycles. The van der Waals surface area contributed by atoms with Gasteiger partial charge in [-0.1, -0.05) is 36.9 Å². The van der Waals surface area contributed by atoms with Crippen molar-refractivity contribution in [3.8, 4) is 6.07 Å². The van der Waals surface area contributed by atoms with Gasteiger partial charge in [-0.3, -0.25) is 9.36 Å². The number of rotatable bonds is 4. The van der Waals surface area contributed by atoms with Crippen LogP contribution in [0.15, 0.2) is 34.2 Å². The quantitative estimate of drug-likeness (QED) is 0.472. The van der Waals surface area contributed by atoms with E-state index in [2.05, 4.69) is 13.0 Å². The molecule has 0 fully saturated rings. The number of thiophene rings is 1. The molecule has 0 aliphatic heterocycles. The lowest BCUT2D eigenvalue weighted by Gasteiger charge is -2.17. The van der Waals surface area contributed by atoms with Crippen LogP contribution in [0.4, 0.5) is 0 Å². The first-order valence-corrected chi connectivity index (χ1v) is 11.1. The van der Waals surface area contributed by atoms with E-state index in [0.717, 1.165) is 40.2 Å². The molecule has 4 rings (SSSR count). The largest absolute Gasteiger partial charge is 0.287 e. The second-order valence-electron chi connectivity index (χ2n) is 7.03. The summed E-state index contributed by atoms with van der Waals surface area (Å²) < 4.78 is 1.78. The third kappa shape index (κ3) is 3.30. The molecule has 1 atom stereocenters. The summed E-state index contributed by atoms with van der Waals surface area (Å²) in [6.45, 7) is 4.87. The van der Waals surface area contributed by atoms with Crippen molar-refractivity contribution in [2.75, 3.05) is 0 Å². The molecule has 2 aromatic heterocycles. The minimum absolute atomic E-state index is 0.0885. The van der Waals surface area contributed by atoms with Crippen molar-refractivity contribution in [1.82, 2.24) is 9.55 Å². The van der Waals surface area contributed by atoms with Gasteiger partial charge in [0, 0.05) is 17.2 Å². The Morgan fingerprint density at radius 2 is 2.22 bits per heavy atom. The van der Waals surface area contributed by atoms with Gasteiger partial charge in [-0.05, 0) is 49.3 Å². The van der Waals surface area contributed by atoms with Crippen LogP contribution in [0.25, 0.3) is 10.2 Å². The van der Waals surface area contributed by atoms with Gasteiger partial charge in [-0.2, -0.15) is 5.26 Å². The van der Waals surface area contributed by atoms with E-state index in [4.69, 9.17) is 4.98 Å². The molecule has 3 aromatic rings. The summed E-state index contributed by atoms with van der Waals surface area (Å²) in [7, 11) is 0. The van der Waals surface area contributed by atoms with Gasteiger partial charge in [0.15, 0.2) is 5.16 Å². The van der Waals surface area contributed by atoms with E-state index in [1.807, 2.05) is 31.2 Å². The fraction of sp³-hybridized carbons (Fsp3) is 0.381. The maximum Gasteiger partial charge on any atom is 0.263 e. The minimum Gasteiger partial charge on any atom is -0.287 e. The highest BCUT2D eigenvalue weighted by atomic mass is 32.2. The smallest absolute Gasteiger partial charge is 0.263 e. The van der Waals surface area contributed by atoms with Crippen LogP contribution < -0.4 is 5.56 Å². The third-order valence-electron chi connectivity index (χ3n) is 5.19. The molecule has 0 N–H and O–H groups in total. The summed E-state index contributed by atoms with van der Waals surface area (Å²) >= 11 is 3.23. The molecule has 2 heterocycles. The van der Waals surface area contributed by atoms with Crippen LogP contribution in [-0.2, 0) is 25.1 Å². The van der Waals surface area contributed by atoms with Crippen molar-refractivity contribution in [1.29, 1.82) is 5.26 Å². The van der Waals surface area contributed by atoms with E-state index in [9.17, 15) is 10.1 Å². The molecule has 0 unspecified atom stereocenters. The van der Waals surface area contributed by atoms with E-state index < -0.39 is 0 Å². The first kappa shape index (κ1) is 18.3. The zero-order valence-electron chi connectivity index (χ0n) is 15.5. The maximum atomic E-state index is 13.2. The highest BCUT2D eigenvalue weighted by Crippen LogP contribution is 2.36. The second-order valence-corrected chi connectivity index (χ2v) is 9.06. The van der Waals surface area contributed by atoms with E-state index >= 15 is 0 Å². The Morgan fingerprint density at radius 3 is 3.00 bits per heavy atom. The van der Waals surface area contributed by atoms with E-state index in [1.54, 1.807) is 15.9 Å². The molecular weight excluding hydrogens is 374 g/mol. The Kier molecular flexibility index (Phi) is 5.07. The Balaban J connectivity index is 1.75. The number of nitrogens with zero attached hydrogens (tertiary/aromatic N) is 3. The Labute approximate surface area is 166 Å². The van der Waals surface area contributed by atoms with Crippen LogP contribution in [0, 0.1) is 17.2 Å². The summed E-state index contributed by atoms with van der Waals surface area (Å²) in [5.41, 5.74) is 2.98. The van der Waals surface area contributed by atoms with Crippen LogP contribution in [0.3, 0.4) is 0 Å². The normalized spacial score (nSPS) is 16.3. The molecule has 1 aromatic carbocycles. The molecule has 1 aliphatic carbocycles. The number of nitriles is 1. The van der Waals surface area contributed by atoms with Gasteiger partial charge in [0.05, 0.1) is 17.0 Å². The average molecular weight is 396 g/mol. The molecule has 0 bridgehead atoms. The van der Waals surface area contributed by atoms with Crippen molar-refractivity contribution in [2.45, 2.75) is 50.6 Å². The van der Waals surface area contributed by atoms with Gasteiger partial charge in [-0.25, -0.2) is 4.98 Å². The van der Waals surface area contributed by atoms with Crippen LogP contribution >= 0.6 is 23.1 Å². The summed E-state index contributed by atoms with van der Waals surface area (Å²) in [5, 5.41) is 10.9. The van der Waals surface area contributed by atoms with Crippen molar-refractivity contribution < 1.29 is 0 Å². The van der Waals surface area contributed by atoms with Gasteiger partial charge >= 0.3 is 0 Å². The van der Waals surface area contributed by atoms with Gasteiger partial charge in [0.1, 0.15) is 4.83 Å². The third-order valence-corrected chi connectivity index (χ3v) is 7.36.